The van der Waals surface area contributed by atoms with E-state index in [4.69, 9.17) is 0 Å². The molecular weight excluding hydrogens is 276 g/mol. The Bertz CT molecular complexity index is 711. The van der Waals surface area contributed by atoms with E-state index in [0.29, 0.717) is 11.4 Å². The zero-order valence-corrected chi connectivity index (χ0v) is 14.2. The van der Waals surface area contributed by atoms with E-state index in [2.05, 4.69) is 40.6 Å². The average Bonchev–Trinajstić information content (AvgIpc) is 2.42. The molecule has 0 bridgehead atoms. The fourth-order valence-corrected chi connectivity index (χ4v) is 2.33. The molecule has 0 radical (unpaired) electrons. The van der Waals surface area contributed by atoms with Gasteiger partial charge in [-0.2, -0.15) is 0 Å². The molecule has 0 aliphatic heterocycles. The van der Waals surface area contributed by atoms with Crippen LogP contribution in [-0.2, 0) is 0 Å². The predicted octanol–water partition coefficient (Wildman–Crippen LogP) is 2.93. The summed E-state index contributed by atoms with van der Waals surface area (Å²) in [6.07, 6.45) is 1.75. The number of pyridine rings is 1. The molecule has 0 atom stereocenters. The number of H-pyrrole nitrogens is 1. The van der Waals surface area contributed by atoms with Crippen LogP contribution < -0.4 is 10.5 Å². The molecule has 0 fully saturated rings. The fourth-order valence-electron chi connectivity index (χ4n) is 2.33. The number of aromatic amines is 1. The minimum absolute atomic E-state index is 0.101. The summed E-state index contributed by atoms with van der Waals surface area (Å²) in [5, 5.41) is 0. The van der Waals surface area contributed by atoms with Crippen LogP contribution in [0.3, 0.4) is 0 Å². The standard InChI is InChI=1S/C17H24N4O/c1-11-12(2)19-15(20-16(11)22)13-7-8-14(18-9-13)21(6)10-17(3,4)5/h7-9H,10H2,1-6H3,(H,19,20,22). The number of aromatic nitrogens is 3. The summed E-state index contributed by atoms with van der Waals surface area (Å²) in [4.78, 5) is 25.7. The van der Waals surface area contributed by atoms with Gasteiger partial charge in [0.05, 0.1) is 0 Å². The van der Waals surface area contributed by atoms with Gasteiger partial charge in [-0.05, 0) is 31.4 Å². The van der Waals surface area contributed by atoms with Crippen LogP contribution in [0.15, 0.2) is 23.1 Å². The fraction of sp³-hybridized carbons (Fsp3) is 0.471. The van der Waals surface area contributed by atoms with Gasteiger partial charge in [0.25, 0.3) is 5.56 Å². The highest BCUT2D eigenvalue weighted by molar-refractivity contribution is 5.56. The molecule has 0 saturated heterocycles. The largest absolute Gasteiger partial charge is 0.359 e. The van der Waals surface area contributed by atoms with Crippen molar-refractivity contribution in [3.63, 3.8) is 0 Å². The highest BCUT2D eigenvalue weighted by Crippen LogP contribution is 2.21. The van der Waals surface area contributed by atoms with Crippen LogP contribution in [0.5, 0.6) is 0 Å². The number of anilines is 1. The van der Waals surface area contributed by atoms with E-state index in [-0.39, 0.29) is 11.0 Å². The number of rotatable bonds is 3. The first kappa shape index (κ1) is 16.2. The lowest BCUT2D eigenvalue weighted by molar-refractivity contribution is 0.418. The number of nitrogens with zero attached hydrogens (tertiary/aromatic N) is 3. The van der Waals surface area contributed by atoms with E-state index in [1.54, 1.807) is 13.1 Å². The summed E-state index contributed by atoms with van der Waals surface area (Å²) >= 11 is 0. The first-order valence-electron chi connectivity index (χ1n) is 7.42. The molecule has 0 aliphatic rings. The Balaban J connectivity index is 2.28. The van der Waals surface area contributed by atoms with Crippen molar-refractivity contribution in [2.45, 2.75) is 34.6 Å². The van der Waals surface area contributed by atoms with E-state index < -0.39 is 0 Å². The molecule has 0 spiro atoms. The van der Waals surface area contributed by atoms with Crippen molar-refractivity contribution in [3.8, 4) is 11.4 Å². The van der Waals surface area contributed by atoms with Crippen molar-refractivity contribution in [1.29, 1.82) is 0 Å². The molecule has 0 saturated carbocycles. The number of aryl methyl sites for hydroxylation is 1. The second-order valence-electron chi connectivity index (χ2n) is 6.95. The Labute approximate surface area is 131 Å². The molecule has 0 aliphatic carbocycles. The van der Waals surface area contributed by atoms with Crippen molar-refractivity contribution in [2.24, 2.45) is 5.41 Å². The summed E-state index contributed by atoms with van der Waals surface area (Å²) in [6.45, 7) is 11.1. The maximum atomic E-state index is 11.8. The van der Waals surface area contributed by atoms with Crippen molar-refractivity contribution in [2.75, 3.05) is 18.5 Å². The maximum Gasteiger partial charge on any atom is 0.254 e. The van der Waals surface area contributed by atoms with E-state index in [1.807, 2.05) is 26.1 Å². The Kier molecular flexibility index (Phi) is 4.35. The molecule has 118 valence electrons. The minimum Gasteiger partial charge on any atom is -0.359 e. The van der Waals surface area contributed by atoms with Crippen LogP contribution in [-0.4, -0.2) is 28.5 Å². The number of hydrogen-bond donors (Lipinski definition) is 1. The van der Waals surface area contributed by atoms with E-state index in [9.17, 15) is 4.79 Å². The van der Waals surface area contributed by atoms with Crippen LogP contribution >= 0.6 is 0 Å². The molecule has 2 rings (SSSR count). The zero-order chi connectivity index (χ0) is 16.5. The predicted molar refractivity (Wildman–Crippen MR) is 90.3 cm³/mol. The van der Waals surface area contributed by atoms with Crippen molar-refractivity contribution < 1.29 is 0 Å². The molecule has 0 amide bonds. The summed E-state index contributed by atoms with van der Waals surface area (Å²) in [5.41, 5.74) is 2.31. The highest BCUT2D eigenvalue weighted by atomic mass is 16.1. The molecule has 0 unspecified atom stereocenters. The highest BCUT2D eigenvalue weighted by Gasteiger charge is 2.15. The first-order chi connectivity index (χ1) is 10.2. The van der Waals surface area contributed by atoms with Crippen LogP contribution in [0.2, 0.25) is 0 Å². The smallest absolute Gasteiger partial charge is 0.254 e. The third-order valence-electron chi connectivity index (χ3n) is 3.52. The summed E-state index contributed by atoms with van der Waals surface area (Å²) in [5.74, 6) is 1.47. The third-order valence-corrected chi connectivity index (χ3v) is 3.52. The monoisotopic (exact) mass is 300 g/mol. The lowest BCUT2D eigenvalue weighted by Gasteiger charge is -2.27. The lowest BCUT2D eigenvalue weighted by atomic mass is 9.96. The van der Waals surface area contributed by atoms with Crippen LogP contribution in [0.4, 0.5) is 5.82 Å². The maximum absolute atomic E-state index is 11.8. The average molecular weight is 300 g/mol. The third kappa shape index (κ3) is 3.72. The molecule has 2 aromatic heterocycles. The van der Waals surface area contributed by atoms with Crippen molar-refractivity contribution >= 4 is 5.82 Å². The lowest BCUT2D eigenvalue weighted by Crippen LogP contribution is -2.29. The molecule has 5 heteroatoms. The second-order valence-corrected chi connectivity index (χ2v) is 6.95. The first-order valence-corrected chi connectivity index (χ1v) is 7.42. The Hall–Kier alpha value is -2.17. The number of nitrogens with one attached hydrogen (secondary N) is 1. The summed E-state index contributed by atoms with van der Waals surface area (Å²) in [6, 6.07) is 3.89. The van der Waals surface area contributed by atoms with Gasteiger partial charge in [0.2, 0.25) is 0 Å². The molecule has 2 heterocycles. The Morgan fingerprint density at radius 3 is 2.41 bits per heavy atom. The Morgan fingerprint density at radius 2 is 1.91 bits per heavy atom. The molecule has 1 N–H and O–H groups in total. The quantitative estimate of drug-likeness (QED) is 0.946. The van der Waals surface area contributed by atoms with Gasteiger partial charge in [-0.1, -0.05) is 20.8 Å². The SMILES string of the molecule is Cc1nc(-c2ccc(N(C)CC(C)(C)C)nc2)[nH]c(=O)c1C. The van der Waals surface area contributed by atoms with Gasteiger partial charge < -0.3 is 9.88 Å². The van der Waals surface area contributed by atoms with Gasteiger partial charge >= 0.3 is 0 Å². The van der Waals surface area contributed by atoms with E-state index >= 15 is 0 Å². The van der Waals surface area contributed by atoms with Gasteiger partial charge in [-0.25, -0.2) is 9.97 Å². The minimum atomic E-state index is -0.101. The van der Waals surface area contributed by atoms with Crippen LogP contribution in [0.1, 0.15) is 32.0 Å². The second kappa shape index (κ2) is 5.91. The van der Waals surface area contributed by atoms with E-state index in [1.165, 1.54) is 0 Å². The van der Waals surface area contributed by atoms with Crippen LogP contribution in [0.25, 0.3) is 11.4 Å². The van der Waals surface area contributed by atoms with E-state index in [0.717, 1.165) is 23.6 Å². The number of hydrogen-bond acceptors (Lipinski definition) is 4. The van der Waals surface area contributed by atoms with Gasteiger partial charge in [0, 0.05) is 36.6 Å². The van der Waals surface area contributed by atoms with Crippen molar-refractivity contribution in [1.82, 2.24) is 15.0 Å². The van der Waals surface area contributed by atoms with Crippen molar-refractivity contribution in [3.05, 3.63) is 39.9 Å². The van der Waals surface area contributed by atoms with Gasteiger partial charge in [-0.3, -0.25) is 4.79 Å². The van der Waals surface area contributed by atoms with Gasteiger partial charge in [-0.15, -0.1) is 0 Å². The summed E-state index contributed by atoms with van der Waals surface area (Å²) in [7, 11) is 2.03. The topological polar surface area (TPSA) is 61.9 Å². The molecule has 0 aromatic carbocycles. The molecular formula is C17H24N4O. The normalized spacial score (nSPS) is 11.5. The molecule has 2 aromatic rings. The molecule has 5 nitrogen and oxygen atoms in total. The Morgan fingerprint density at radius 1 is 1.23 bits per heavy atom. The van der Waals surface area contributed by atoms with Crippen LogP contribution in [0, 0.1) is 19.3 Å². The zero-order valence-electron chi connectivity index (χ0n) is 14.2. The van der Waals surface area contributed by atoms with Gasteiger partial charge in [0.1, 0.15) is 11.6 Å². The van der Waals surface area contributed by atoms with Gasteiger partial charge in [0.15, 0.2) is 0 Å². The summed E-state index contributed by atoms with van der Waals surface area (Å²) < 4.78 is 0. The molecule has 22 heavy (non-hydrogen) atoms.